The van der Waals surface area contributed by atoms with Crippen molar-refractivity contribution in [2.24, 2.45) is 0 Å². The molecule has 0 aliphatic carbocycles. The Labute approximate surface area is 189 Å². The summed E-state index contributed by atoms with van der Waals surface area (Å²) in [6.45, 7) is 2.80. The maximum Gasteiger partial charge on any atom is 0.240 e. The molecule has 0 spiro atoms. The lowest BCUT2D eigenvalue weighted by atomic mass is 10.1. The van der Waals surface area contributed by atoms with Crippen LogP contribution in [0.15, 0.2) is 83.8 Å². The summed E-state index contributed by atoms with van der Waals surface area (Å²) in [5.74, 6) is 0.625. The highest BCUT2D eigenvalue weighted by molar-refractivity contribution is 7.89. The Morgan fingerprint density at radius 3 is 2.22 bits per heavy atom. The number of benzene rings is 3. The Bertz CT molecular complexity index is 1100. The maximum absolute atomic E-state index is 12.3. The zero-order valence-electron chi connectivity index (χ0n) is 18.1. The van der Waals surface area contributed by atoms with E-state index in [0.29, 0.717) is 31.7 Å². The highest BCUT2D eigenvalue weighted by Gasteiger charge is 2.12. The molecule has 3 rings (SSSR count). The molecule has 32 heavy (non-hydrogen) atoms. The number of amides is 1. The first kappa shape index (κ1) is 23.5. The Morgan fingerprint density at radius 2 is 1.56 bits per heavy atom. The van der Waals surface area contributed by atoms with Crippen molar-refractivity contribution in [3.05, 3.63) is 90.0 Å². The molecule has 0 heterocycles. The second kappa shape index (κ2) is 11.5. The third-order valence-corrected chi connectivity index (χ3v) is 6.28. The van der Waals surface area contributed by atoms with Crippen LogP contribution in [0, 0.1) is 0 Å². The number of anilines is 1. The molecule has 1 amide bonds. The number of hydrogen-bond acceptors (Lipinski definition) is 4. The highest BCUT2D eigenvalue weighted by Crippen LogP contribution is 2.18. The van der Waals surface area contributed by atoms with E-state index in [2.05, 4.69) is 10.0 Å². The molecule has 6 nitrogen and oxygen atoms in total. The third-order valence-electron chi connectivity index (χ3n) is 4.80. The predicted octanol–water partition coefficient (Wildman–Crippen LogP) is 4.53. The SMILES string of the molecule is CCCNS(=O)(=O)c1ccc(CCC(=O)Nc2ccc(OCc3ccccc3)cc2)cc1. The first-order chi connectivity index (χ1) is 15.5. The molecule has 0 bridgehead atoms. The van der Waals surface area contributed by atoms with E-state index < -0.39 is 10.0 Å². The van der Waals surface area contributed by atoms with Gasteiger partial charge in [0.05, 0.1) is 4.90 Å². The monoisotopic (exact) mass is 452 g/mol. The summed E-state index contributed by atoms with van der Waals surface area (Å²) in [6.07, 6.45) is 1.55. The quantitative estimate of drug-likeness (QED) is 0.448. The Balaban J connectivity index is 1.45. The molecule has 7 heteroatoms. The number of carbonyl (C=O) groups is 1. The lowest BCUT2D eigenvalue weighted by Crippen LogP contribution is -2.24. The summed E-state index contributed by atoms with van der Waals surface area (Å²) in [5, 5.41) is 2.87. The van der Waals surface area contributed by atoms with Crippen LogP contribution in [-0.2, 0) is 27.8 Å². The van der Waals surface area contributed by atoms with E-state index in [4.69, 9.17) is 4.74 Å². The second-order valence-corrected chi connectivity index (χ2v) is 9.16. The summed E-state index contributed by atoms with van der Waals surface area (Å²) in [7, 11) is -3.47. The van der Waals surface area contributed by atoms with E-state index in [1.807, 2.05) is 49.4 Å². The van der Waals surface area contributed by atoms with Gasteiger partial charge >= 0.3 is 0 Å². The summed E-state index contributed by atoms with van der Waals surface area (Å²) in [6, 6.07) is 23.8. The number of sulfonamides is 1. The topological polar surface area (TPSA) is 84.5 Å². The van der Waals surface area contributed by atoms with Crippen LogP contribution in [0.3, 0.4) is 0 Å². The van der Waals surface area contributed by atoms with Gasteiger partial charge in [-0.1, -0.05) is 49.4 Å². The van der Waals surface area contributed by atoms with Crippen LogP contribution < -0.4 is 14.8 Å². The lowest BCUT2D eigenvalue weighted by molar-refractivity contribution is -0.116. The zero-order valence-corrected chi connectivity index (χ0v) is 18.9. The lowest BCUT2D eigenvalue weighted by Gasteiger charge is -2.09. The average Bonchev–Trinajstić information content (AvgIpc) is 2.82. The second-order valence-electron chi connectivity index (χ2n) is 7.39. The predicted molar refractivity (Wildman–Crippen MR) is 126 cm³/mol. The Kier molecular flexibility index (Phi) is 8.41. The number of nitrogens with one attached hydrogen (secondary N) is 2. The van der Waals surface area contributed by atoms with Crippen molar-refractivity contribution in [1.82, 2.24) is 4.72 Å². The van der Waals surface area contributed by atoms with Crippen LogP contribution in [0.4, 0.5) is 5.69 Å². The molecule has 0 aliphatic rings. The van der Waals surface area contributed by atoms with Gasteiger partial charge in [-0.05, 0) is 60.4 Å². The molecule has 0 aliphatic heterocycles. The molecule has 0 atom stereocenters. The molecule has 0 radical (unpaired) electrons. The molecular weight excluding hydrogens is 424 g/mol. The van der Waals surface area contributed by atoms with Crippen LogP contribution >= 0.6 is 0 Å². The van der Waals surface area contributed by atoms with Crippen molar-refractivity contribution < 1.29 is 17.9 Å². The fraction of sp³-hybridized carbons (Fsp3) is 0.240. The molecule has 0 aromatic heterocycles. The van der Waals surface area contributed by atoms with Gasteiger partial charge in [0, 0.05) is 18.7 Å². The molecule has 3 aromatic rings. The van der Waals surface area contributed by atoms with Gasteiger partial charge in [0.15, 0.2) is 0 Å². The van der Waals surface area contributed by atoms with Gasteiger partial charge in [0.2, 0.25) is 15.9 Å². The van der Waals surface area contributed by atoms with Crippen molar-refractivity contribution in [2.45, 2.75) is 37.7 Å². The van der Waals surface area contributed by atoms with E-state index in [9.17, 15) is 13.2 Å². The summed E-state index contributed by atoms with van der Waals surface area (Å²) in [4.78, 5) is 12.5. The smallest absolute Gasteiger partial charge is 0.240 e. The van der Waals surface area contributed by atoms with E-state index >= 15 is 0 Å². The van der Waals surface area contributed by atoms with Gasteiger partial charge in [0.25, 0.3) is 0 Å². The number of aryl methyl sites for hydroxylation is 1. The van der Waals surface area contributed by atoms with Gasteiger partial charge in [0.1, 0.15) is 12.4 Å². The molecule has 0 fully saturated rings. The highest BCUT2D eigenvalue weighted by atomic mass is 32.2. The fourth-order valence-electron chi connectivity index (χ4n) is 3.01. The number of rotatable bonds is 11. The number of ether oxygens (including phenoxy) is 1. The van der Waals surface area contributed by atoms with Crippen LogP contribution in [0.5, 0.6) is 5.75 Å². The normalized spacial score (nSPS) is 11.2. The van der Waals surface area contributed by atoms with Gasteiger partial charge in [-0.2, -0.15) is 0 Å². The molecule has 2 N–H and O–H groups in total. The van der Waals surface area contributed by atoms with Gasteiger partial charge in [-0.15, -0.1) is 0 Å². The molecule has 168 valence electrons. The summed E-state index contributed by atoms with van der Waals surface area (Å²) < 4.78 is 32.5. The van der Waals surface area contributed by atoms with E-state index in [-0.39, 0.29) is 10.8 Å². The van der Waals surface area contributed by atoms with Crippen LogP contribution in [0.25, 0.3) is 0 Å². The van der Waals surface area contributed by atoms with Crippen LogP contribution in [0.2, 0.25) is 0 Å². The molecule has 0 saturated heterocycles. The zero-order chi connectivity index (χ0) is 22.8. The largest absolute Gasteiger partial charge is 0.489 e. The summed E-state index contributed by atoms with van der Waals surface area (Å²) >= 11 is 0. The van der Waals surface area contributed by atoms with E-state index in [1.54, 1.807) is 36.4 Å². The number of hydrogen-bond donors (Lipinski definition) is 2. The minimum atomic E-state index is -3.47. The van der Waals surface area contributed by atoms with Crippen molar-refractivity contribution >= 4 is 21.6 Å². The Morgan fingerprint density at radius 1 is 0.875 bits per heavy atom. The van der Waals surface area contributed by atoms with Gasteiger partial charge in [-0.25, -0.2) is 13.1 Å². The standard InChI is InChI=1S/C25H28N2O4S/c1-2-18-26-32(29,30)24-15-8-20(9-16-24)10-17-25(28)27-22-11-13-23(14-12-22)31-19-21-6-4-3-5-7-21/h3-9,11-16,26H,2,10,17-19H2,1H3,(H,27,28). The minimum absolute atomic E-state index is 0.107. The summed E-state index contributed by atoms with van der Waals surface area (Å²) in [5.41, 5.74) is 2.69. The maximum atomic E-state index is 12.3. The van der Waals surface area contributed by atoms with E-state index in [0.717, 1.165) is 23.3 Å². The molecule has 3 aromatic carbocycles. The van der Waals surface area contributed by atoms with Crippen molar-refractivity contribution in [1.29, 1.82) is 0 Å². The van der Waals surface area contributed by atoms with Crippen molar-refractivity contribution in [3.8, 4) is 5.75 Å². The first-order valence-corrected chi connectivity index (χ1v) is 12.1. The Hall–Kier alpha value is -3.16. The van der Waals surface area contributed by atoms with Gasteiger partial charge in [-0.3, -0.25) is 4.79 Å². The van der Waals surface area contributed by atoms with Gasteiger partial charge < -0.3 is 10.1 Å². The average molecular weight is 453 g/mol. The van der Waals surface area contributed by atoms with Crippen molar-refractivity contribution in [2.75, 3.05) is 11.9 Å². The third kappa shape index (κ3) is 7.21. The molecule has 0 saturated carbocycles. The van der Waals surface area contributed by atoms with Crippen LogP contribution in [0.1, 0.15) is 30.9 Å². The molecular formula is C25H28N2O4S. The molecule has 0 unspecified atom stereocenters. The minimum Gasteiger partial charge on any atom is -0.489 e. The van der Waals surface area contributed by atoms with Crippen molar-refractivity contribution in [3.63, 3.8) is 0 Å². The van der Waals surface area contributed by atoms with E-state index in [1.165, 1.54) is 0 Å². The fourth-order valence-corrected chi connectivity index (χ4v) is 4.15. The first-order valence-electron chi connectivity index (χ1n) is 10.6. The number of carbonyl (C=O) groups excluding carboxylic acids is 1. The van der Waals surface area contributed by atoms with Crippen LogP contribution in [-0.4, -0.2) is 20.9 Å².